The normalized spacial score (nSPS) is 13.2. The molecule has 0 aliphatic heterocycles. The lowest BCUT2D eigenvalue weighted by Crippen LogP contribution is -2.06. The highest BCUT2D eigenvalue weighted by Gasteiger charge is 2.07. The van der Waals surface area contributed by atoms with Crippen molar-refractivity contribution in [3.8, 4) is 0 Å². The summed E-state index contributed by atoms with van der Waals surface area (Å²) >= 11 is 2.26. The molecular formula is C15H15IN2OS. The van der Waals surface area contributed by atoms with E-state index in [-0.39, 0.29) is 0 Å². The van der Waals surface area contributed by atoms with Crippen LogP contribution < -0.4 is 5.84 Å². The fraction of sp³-hybridized carbons (Fsp3) is 0.133. The molecule has 0 fully saturated rings. The molecule has 0 aliphatic rings. The van der Waals surface area contributed by atoms with Crippen LogP contribution in [0.3, 0.4) is 0 Å². The fourth-order valence-electron chi connectivity index (χ4n) is 1.92. The fourth-order valence-corrected chi connectivity index (χ4v) is 2.94. The van der Waals surface area contributed by atoms with Gasteiger partial charge in [-0.1, -0.05) is 36.4 Å². The molecule has 0 saturated heterocycles. The predicted octanol–water partition coefficient (Wildman–Crippen LogP) is 2.88. The number of nitrogens with zero attached hydrogens (tertiary/aromatic N) is 1. The third kappa shape index (κ3) is 3.89. The first-order chi connectivity index (χ1) is 9.60. The van der Waals surface area contributed by atoms with E-state index in [0.717, 1.165) is 22.4 Å². The highest BCUT2D eigenvalue weighted by Crippen LogP contribution is 2.14. The van der Waals surface area contributed by atoms with Gasteiger partial charge in [0.2, 0.25) is 0 Å². The van der Waals surface area contributed by atoms with Crippen molar-refractivity contribution < 1.29 is 4.21 Å². The molecule has 0 spiro atoms. The van der Waals surface area contributed by atoms with Gasteiger partial charge in [0.1, 0.15) is 0 Å². The summed E-state index contributed by atoms with van der Waals surface area (Å²) in [5, 5.41) is 3.90. The molecule has 0 saturated carbocycles. The zero-order chi connectivity index (χ0) is 14.5. The van der Waals surface area contributed by atoms with Crippen LogP contribution in [0.1, 0.15) is 16.7 Å². The van der Waals surface area contributed by atoms with Gasteiger partial charge in [-0.2, -0.15) is 5.10 Å². The number of hydrazone groups is 1. The van der Waals surface area contributed by atoms with Gasteiger partial charge in [0.15, 0.2) is 0 Å². The molecule has 104 valence electrons. The van der Waals surface area contributed by atoms with Crippen molar-refractivity contribution in [2.45, 2.75) is 5.75 Å². The van der Waals surface area contributed by atoms with Crippen LogP contribution >= 0.6 is 22.6 Å². The molecule has 0 aromatic heterocycles. The molecule has 2 rings (SSSR count). The molecule has 0 aliphatic carbocycles. The first-order valence-electron chi connectivity index (χ1n) is 6.03. The Kier molecular flexibility index (Phi) is 5.31. The van der Waals surface area contributed by atoms with Gasteiger partial charge >= 0.3 is 0 Å². The minimum absolute atomic E-state index is 0.568. The van der Waals surface area contributed by atoms with Crippen LogP contribution in [0.4, 0.5) is 0 Å². The maximum Gasteiger partial charge on any atom is 0.0971 e. The summed E-state index contributed by atoms with van der Waals surface area (Å²) in [4.78, 5) is 0. The second kappa shape index (κ2) is 6.99. The Hall–Kier alpha value is -1.21. The Bertz CT molecular complexity index is 636. The minimum atomic E-state index is -0.830. The number of nitrogens with two attached hydrogens (primary N) is 1. The molecule has 0 radical (unpaired) electrons. The van der Waals surface area contributed by atoms with Gasteiger partial charge in [-0.3, -0.25) is 4.21 Å². The summed E-state index contributed by atoms with van der Waals surface area (Å²) < 4.78 is 12.4. The van der Waals surface area contributed by atoms with E-state index < -0.39 is 10.8 Å². The summed E-state index contributed by atoms with van der Waals surface area (Å²) in [6.45, 7) is 0. The molecule has 0 bridgehead atoms. The van der Waals surface area contributed by atoms with Crippen molar-refractivity contribution in [1.82, 2.24) is 0 Å². The number of hydrogen-bond donors (Lipinski definition) is 1. The molecule has 1 atom stereocenters. The van der Waals surface area contributed by atoms with Crippen molar-refractivity contribution in [3.05, 3.63) is 68.8 Å². The first-order valence-corrected chi connectivity index (χ1v) is 8.84. The van der Waals surface area contributed by atoms with Crippen LogP contribution in [0, 0.1) is 3.57 Å². The van der Waals surface area contributed by atoms with E-state index in [1.165, 1.54) is 3.57 Å². The van der Waals surface area contributed by atoms with Crippen LogP contribution in [-0.4, -0.2) is 16.2 Å². The van der Waals surface area contributed by atoms with Gasteiger partial charge in [-0.15, -0.1) is 0 Å². The van der Waals surface area contributed by atoms with Gasteiger partial charge in [0.25, 0.3) is 0 Å². The summed E-state index contributed by atoms with van der Waals surface area (Å²) in [6.07, 6.45) is 1.70. The summed E-state index contributed by atoms with van der Waals surface area (Å²) in [7, 11) is -0.830. The molecule has 2 aromatic carbocycles. The van der Waals surface area contributed by atoms with Crippen molar-refractivity contribution in [2.24, 2.45) is 10.9 Å². The standard InChI is InChI=1S/C15H15IN2OS/c1-20(19)10-11-2-4-12(5-3-11)15(18-17)13-6-8-14(16)9-7-13/h2-9H,10,17H2,1H3. The minimum Gasteiger partial charge on any atom is -0.323 e. The highest BCUT2D eigenvalue weighted by atomic mass is 127. The third-order valence-corrected chi connectivity index (χ3v) is 4.30. The summed E-state index contributed by atoms with van der Waals surface area (Å²) in [6, 6.07) is 15.9. The zero-order valence-electron chi connectivity index (χ0n) is 11.0. The lowest BCUT2D eigenvalue weighted by molar-refractivity contribution is 0.686. The van der Waals surface area contributed by atoms with Crippen LogP contribution in [0.5, 0.6) is 0 Å². The lowest BCUT2D eigenvalue weighted by atomic mass is 10.0. The van der Waals surface area contributed by atoms with Crippen LogP contribution in [0.25, 0.3) is 0 Å². The van der Waals surface area contributed by atoms with Crippen molar-refractivity contribution >= 4 is 39.1 Å². The third-order valence-electron chi connectivity index (χ3n) is 2.84. The molecule has 2 N–H and O–H groups in total. The molecular weight excluding hydrogens is 383 g/mol. The second-order valence-electron chi connectivity index (χ2n) is 4.40. The number of benzene rings is 2. The highest BCUT2D eigenvalue weighted by molar-refractivity contribution is 14.1. The molecule has 1 unspecified atom stereocenters. The SMILES string of the molecule is CS(=O)Cc1ccc(C(=NN)c2ccc(I)cc2)cc1. The van der Waals surface area contributed by atoms with E-state index >= 15 is 0 Å². The smallest absolute Gasteiger partial charge is 0.0971 e. The van der Waals surface area contributed by atoms with E-state index in [4.69, 9.17) is 5.84 Å². The topological polar surface area (TPSA) is 55.5 Å². The van der Waals surface area contributed by atoms with Crippen LogP contribution in [-0.2, 0) is 16.6 Å². The Balaban J connectivity index is 2.28. The molecule has 0 amide bonds. The Labute approximate surface area is 134 Å². The average molecular weight is 398 g/mol. The summed E-state index contributed by atoms with van der Waals surface area (Å²) in [5.41, 5.74) is 3.75. The molecule has 5 heteroatoms. The van der Waals surface area contributed by atoms with Gasteiger partial charge in [0, 0.05) is 37.5 Å². The molecule has 20 heavy (non-hydrogen) atoms. The van der Waals surface area contributed by atoms with E-state index in [1.807, 2.05) is 48.5 Å². The van der Waals surface area contributed by atoms with E-state index in [2.05, 4.69) is 27.7 Å². The Morgan fingerprint density at radius 3 is 2.05 bits per heavy atom. The predicted molar refractivity (Wildman–Crippen MR) is 93.2 cm³/mol. The maximum absolute atomic E-state index is 11.2. The Morgan fingerprint density at radius 1 is 1.10 bits per heavy atom. The van der Waals surface area contributed by atoms with E-state index in [1.54, 1.807) is 6.26 Å². The summed E-state index contributed by atoms with van der Waals surface area (Å²) in [5.74, 6) is 6.10. The first kappa shape index (κ1) is 15.2. The van der Waals surface area contributed by atoms with Gasteiger partial charge < -0.3 is 5.84 Å². The number of rotatable bonds is 4. The van der Waals surface area contributed by atoms with E-state index in [0.29, 0.717) is 5.75 Å². The molecule has 0 heterocycles. The monoisotopic (exact) mass is 398 g/mol. The van der Waals surface area contributed by atoms with Crippen molar-refractivity contribution in [3.63, 3.8) is 0 Å². The van der Waals surface area contributed by atoms with Crippen molar-refractivity contribution in [2.75, 3.05) is 6.26 Å². The van der Waals surface area contributed by atoms with Gasteiger partial charge in [-0.25, -0.2) is 0 Å². The van der Waals surface area contributed by atoms with Gasteiger partial charge in [0.05, 0.1) is 5.71 Å². The Morgan fingerprint density at radius 2 is 1.60 bits per heavy atom. The second-order valence-corrected chi connectivity index (χ2v) is 7.08. The zero-order valence-corrected chi connectivity index (χ0v) is 14.0. The molecule has 3 nitrogen and oxygen atoms in total. The van der Waals surface area contributed by atoms with Crippen molar-refractivity contribution in [1.29, 1.82) is 0 Å². The largest absolute Gasteiger partial charge is 0.323 e. The maximum atomic E-state index is 11.2. The quantitative estimate of drug-likeness (QED) is 0.373. The lowest BCUT2D eigenvalue weighted by Gasteiger charge is -2.07. The number of hydrogen-bond acceptors (Lipinski definition) is 3. The van der Waals surface area contributed by atoms with Crippen LogP contribution in [0.15, 0.2) is 53.6 Å². The average Bonchev–Trinajstić information content (AvgIpc) is 2.43. The van der Waals surface area contributed by atoms with E-state index in [9.17, 15) is 4.21 Å². The number of halogens is 1. The van der Waals surface area contributed by atoms with Gasteiger partial charge in [-0.05, 0) is 40.3 Å². The molecule has 2 aromatic rings. The van der Waals surface area contributed by atoms with Crippen LogP contribution in [0.2, 0.25) is 0 Å².